The summed E-state index contributed by atoms with van der Waals surface area (Å²) in [5, 5.41) is 0.749. The quantitative estimate of drug-likeness (QED) is 0.788. The first kappa shape index (κ1) is 17.2. The maximum Gasteiger partial charge on any atom is 0.226 e. The Balaban J connectivity index is 1.49. The van der Waals surface area contributed by atoms with Crippen molar-refractivity contribution in [1.29, 1.82) is 0 Å². The Kier molecular flexibility index (Phi) is 4.77. The number of fused-ring (bicyclic) bond motifs is 1. The molecule has 136 valence electrons. The van der Waals surface area contributed by atoms with E-state index >= 15 is 0 Å². The van der Waals surface area contributed by atoms with Crippen molar-refractivity contribution in [2.24, 2.45) is 5.92 Å². The second kappa shape index (κ2) is 7.20. The van der Waals surface area contributed by atoms with Gasteiger partial charge in [-0.3, -0.25) is 4.79 Å². The predicted molar refractivity (Wildman–Crippen MR) is 101 cm³/mol. The third-order valence-corrected chi connectivity index (χ3v) is 5.46. The summed E-state index contributed by atoms with van der Waals surface area (Å²) in [5.74, 6) is 1.97. The molecule has 4 rings (SSSR count). The molecule has 1 saturated carbocycles. The molecular formula is C21H22ClNO3. The van der Waals surface area contributed by atoms with E-state index in [2.05, 4.69) is 0 Å². The Hall–Kier alpha value is -2.20. The number of carbonyl (C=O) groups is 1. The molecule has 0 aromatic heterocycles. The Morgan fingerprint density at radius 2 is 1.96 bits per heavy atom. The van der Waals surface area contributed by atoms with Gasteiger partial charge in [0.25, 0.3) is 0 Å². The van der Waals surface area contributed by atoms with Gasteiger partial charge < -0.3 is 14.4 Å². The van der Waals surface area contributed by atoms with Gasteiger partial charge in [0, 0.05) is 29.6 Å². The summed E-state index contributed by atoms with van der Waals surface area (Å²) in [4.78, 5) is 14.9. The maximum absolute atomic E-state index is 13.0. The van der Waals surface area contributed by atoms with Gasteiger partial charge in [0.15, 0.2) is 11.5 Å². The monoisotopic (exact) mass is 371 g/mol. The van der Waals surface area contributed by atoms with Crippen molar-refractivity contribution in [3.05, 3.63) is 58.6 Å². The molecule has 1 fully saturated rings. The highest BCUT2D eigenvalue weighted by Gasteiger charge is 2.46. The number of nitrogens with zero attached hydrogens (tertiary/aromatic N) is 1. The van der Waals surface area contributed by atoms with Gasteiger partial charge in [-0.2, -0.15) is 0 Å². The molecule has 1 aliphatic heterocycles. The van der Waals surface area contributed by atoms with Crippen molar-refractivity contribution in [1.82, 2.24) is 4.90 Å². The number of para-hydroxylation sites is 1. The van der Waals surface area contributed by atoms with Gasteiger partial charge in [-0.05, 0) is 37.0 Å². The van der Waals surface area contributed by atoms with Crippen LogP contribution in [0.15, 0.2) is 42.5 Å². The van der Waals surface area contributed by atoms with Gasteiger partial charge in [0.1, 0.15) is 13.2 Å². The summed E-state index contributed by atoms with van der Waals surface area (Å²) in [6.07, 6.45) is 0.867. The number of halogens is 1. The lowest BCUT2D eigenvalue weighted by Gasteiger charge is -2.25. The third-order valence-electron chi connectivity index (χ3n) is 5.11. The van der Waals surface area contributed by atoms with E-state index in [0.717, 1.165) is 34.1 Å². The average Bonchev–Trinajstić information content (AvgIpc) is 3.46. The van der Waals surface area contributed by atoms with E-state index in [1.165, 1.54) is 0 Å². The first-order valence-electron chi connectivity index (χ1n) is 9.09. The van der Waals surface area contributed by atoms with Crippen LogP contribution in [-0.4, -0.2) is 30.6 Å². The molecule has 2 unspecified atom stereocenters. The van der Waals surface area contributed by atoms with Gasteiger partial charge >= 0.3 is 0 Å². The highest BCUT2D eigenvalue weighted by Crippen LogP contribution is 2.50. The molecular weight excluding hydrogens is 350 g/mol. The molecule has 0 spiro atoms. The zero-order chi connectivity index (χ0) is 18.1. The summed E-state index contributed by atoms with van der Waals surface area (Å²) in [6.45, 7) is 4.32. The third kappa shape index (κ3) is 3.26. The van der Waals surface area contributed by atoms with Crippen LogP contribution < -0.4 is 9.47 Å². The Bertz CT molecular complexity index is 823. The molecule has 26 heavy (non-hydrogen) atoms. The van der Waals surface area contributed by atoms with Crippen LogP contribution in [0, 0.1) is 5.92 Å². The lowest BCUT2D eigenvalue weighted by molar-refractivity contribution is -0.133. The van der Waals surface area contributed by atoms with E-state index in [0.29, 0.717) is 26.3 Å². The van der Waals surface area contributed by atoms with E-state index in [-0.39, 0.29) is 17.7 Å². The van der Waals surface area contributed by atoms with Gasteiger partial charge in [-0.25, -0.2) is 0 Å². The zero-order valence-corrected chi connectivity index (χ0v) is 15.5. The lowest BCUT2D eigenvalue weighted by Crippen LogP contribution is -2.32. The summed E-state index contributed by atoms with van der Waals surface area (Å²) < 4.78 is 11.4. The summed E-state index contributed by atoms with van der Waals surface area (Å²) in [7, 11) is 0. The maximum atomic E-state index is 13.0. The van der Waals surface area contributed by atoms with E-state index in [4.69, 9.17) is 21.1 Å². The van der Waals surface area contributed by atoms with Crippen molar-refractivity contribution in [3.63, 3.8) is 0 Å². The standard InChI is InChI=1S/C21H22ClNO3/c1-2-23(13-14-6-5-9-19-20(14)26-11-10-25-19)21(24)17-12-16(17)15-7-3-4-8-18(15)22/h3-9,16-17H,2,10-13H2,1H3. The van der Waals surface area contributed by atoms with Crippen molar-refractivity contribution >= 4 is 17.5 Å². The number of rotatable bonds is 5. The number of carbonyl (C=O) groups excluding carboxylic acids is 1. The van der Waals surface area contributed by atoms with Crippen LogP contribution in [0.2, 0.25) is 5.02 Å². The fourth-order valence-corrected chi connectivity index (χ4v) is 3.91. The second-order valence-corrected chi connectivity index (χ2v) is 7.17. The van der Waals surface area contributed by atoms with E-state index < -0.39 is 0 Å². The van der Waals surface area contributed by atoms with Crippen molar-refractivity contribution in [3.8, 4) is 11.5 Å². The number of amides is 1. The van der Waals surface area contributed by atoms with Gasteiger partial charge in [0.05, 0.1) is 0 Å². The second-order valence-electron chi connectivity index (χ2n) is 6.76. The largest absolute Gasteiger partial charge is 0.486 e. The molecule has 2 atom stereocenters. The molecule has 0 bridgehead atoms. The molecule has 2 aliphatic rings. The van der Waals surface area contributed by atoms with Crippen molar-refractivity contribution < 1.29 is 14.3 Å². The fourth-order valence-electron chi connectivity index (χ4n) is 3.63. The van der Waals surface area contributed by atoms with Gasteiger partial charge in [-0.1, -0.05) is 41.9 Å². The Morgan fingerprint density at radius 1 is 1.15 bits per heavy atom. The molecule has 1 aliphatic carbocycles. The first-order valence-corrected chi connectivity index (χ1v) is 9.47. The Morgan fingerprint density at radius 3 is 2.77 bits per heavy atom. The van der Waals surface area contributed by atoms with Crippen molar-refractivity contribution in [2.45, 2.75) is 25.8 Å². The molecule has 2 aromatic rings. The molecule has 5 heteroatoms. The summed E-state index contributed by atoms with van der Waals surface area (Å²) in [6, 6.07) is 13.7. The van der Waals surface area contributed by atoms with Crippen LogP contribution in [0.5, 0.6) is 11.5 Å². The molecule has 2 aromatic carbocycles. The van der Waals surface area contributed by atoms with Gasteiger partial charge in [0.2, 0.25) is 5.91 Å². The fraction of sp³-hybridized carbons (Fsp3) is 0.381. The van der Waals surface area contributed by atoms with Crippen LogP contribution in [0.3, 0.4) is 0 Å². The van der Waals surface area contributed by atoms with Crippen LogP contribution >= 0.6 is 11.6 Å². The lowest BCUT2D eigenvalue weighted by atomic mass is 10.1. The minimum Gasteiger partial charge on any atom is -0.486 e. The van der Waals surface area contributed by atoms with Crippen LogP contribution in [0.1, 0.15) is 30.4 Å². The molecule has 0 N–H and O–H groups in total. The first-order chi connectivity index (χ1) is 12.7. The zero-order valence-electron chi connectivity index (χ0n) is 14.8. The predicted octanol–water partition coefficient (Wildman–Crippen LogP) is 4.26. The molecule has 0 radical (unpaired) electrons. The number of hydrogen-bond acceptors (Lipinski definition) is 3. The molecule has 0 saturated heterocycles. The van der Waals surface area contributed by atoms with Crippen LogP contribution in [0.4, 0.5) is 0 Å². The van der Waals surface area contributed by atoms with E-state index in [1.807, 2.05) is 54.3 Å². The number of ether oxygens (including phenoxy) is 2. The van der Waals surface area contributed by atoms with Gasteiger partial charge in [-0.15, -0.1) is 0 Å². The minimum absolute atomic E-state index is 0.0200. The minimum atomic E-state index is 0.0200. The van der Waals surface area contributed by atoms with Crippen LogP contribution in [0.25, 0.3) is 0 Å². The van der Waals surface area contributed by atoms with E-state index in [9.17, 15) is 4.79 Å². The van der Waals surface area contributed by atoms with E-state index in [1.54, 1.807) is 0 Å². The highest BCUT2D eigenvalue weighted by atomic mass is 35.5. The average molecular weight is 372 g/mol. The Labute approximate surface area is 158 Å². The SMILES string of the molecule is CCN(Cc1cccc2c1OCCO2)C(=O)C1CC1c1ccccc1Cl. The highest BCUT2D eigenvalue weighted by molar-refractivity contribution is 6.31. The summed E-state index contributed by atoms with van der Waals surface area (Å²) >= 11 is 6.30. The van der Waals surface area contributed by atoms with Crippen LogP contribution in [-0.2, 0) is 11.3 Å². The smallest absolute Gasteiger partial charge is 0.226 e. The topological polar surface area (TPSA) is 38.8 Å². The number of benzene rings is 2. The summed E-state index contributed by atoms with van der Waals surface area (Å²) in [5.41, 5.74) is 2.07. The van der Waals surface area contributed by atoms with Crippen molar-refractivity contribution in [2.75, 3.05) is 19.8 Å². The molecule has 1 amide bonds. The molecule has 1 heterocycles. The normalized spacial score (nSPS) is 20.5. The number of hydrogen-bond donors (Lipinski definition) is 0. The molecule has 4 nitrogen and oxygen atoms in total.